The number of anilines is 1. The van der Waals surface area contributed by atoms with Gasteiger partial charge in [0.1, 0.15) is 28.7 Å². The molecule has 1 fully saturated rings. The lowest BCUT2D eigenvalue weighted by Gasteiger charge is -2.22. The summed E-state index contributed by atoms with van der Waals surface area (Å²) < 4.78 is 42.5. The molecule has 3 aromatic carbocycles. The molecule has 218 valence electrons. The number of hydrogen-bond acceptors (Lipinski definition) is 6. The van der Waals surface area contributed by atoms with Gasteiger partial charge in [0.25, 0.3) is 5.91 Å². The highest BCUT2D eigenvalue weighted by atomic mass is 19.1. The van der Waals surface area contributed by atoms with Crippen LogP contribution in [0.25, 0.3) is 56.0 Å². The molecule has 0 bridgehead atoms. The number of rotatable bonds is 4. The topological polar surface area (TPSA) is 102 Å². The predicted octanol–water partition coefficient (Wildman–Crippen LogP) is 6.29. The van der Waals surface area contributed by atoms with Crippen LogP contribution in [0.5, 0.6) is 5.75 Å². The minimum Gasteiger partial charge on any atom is -0.469 e. The largest absolute Gasteiger partial charge is 0.469 e. The molecule has 44 heavy (non-hydrogen) atoms. The molecule has 0 spiro atoms. The van der Waals surface area contributed by atoms with Crippen LogP contribution in [0.4, 0.5) is 14.5 Å². The Hall–Kier alpha value is -5.58. The second-order valence-corrected chi connectivity index (χ2v) is 10.7. The number of nitrogens with zero attached hydrogens (tertiary/aromatic N) is 4. The number of hydrogen-bond donors (Lipinski definition) is 1. The van der Waals surface area contributed by atoms with Crippen molar-refractivity contribution in [3.63, 3.8) is 0 Å². The smallest absolute Gasteiger partial charge is 0.255 e. The third-order valence-electron chi connectivity index (χ3n) is 8.21. The van der Waals surface area contributed by atoms with E-state index in [4.69, 9.17) is 14.1 Å². The first-order valence-corrected chi connectivity index (χ1v) is 14.1. The van der Waals surface area contributed by atoms with Crippen molar-refractivity contribution in [3.8, 4) is 39.8 Å². The maximum atomic E-state index is 14.7. The molecule has 1 N–H and O–H groups in total. The number of aromatic nitrogens is 3. The van der Waals surface area contributed by atoms with Gasteiger partial charge >= 0.3 is 0 Å². The van der Waals surface area contributed by atoms with E-state index in [0.717, 1.165) is 0 Å². The number of amides is 2. The summed E-state index contributed by atoms with van der Waals surface area (Å²) in [7, 11) is 1.52. The lowest BCUT2D eigenvalue weighted by atomic mass is 10.0. The van der Waals surface area contributed by atoms with Crippen molar-refractivity contribution < 1.29 is 27.5 Å². The molecule has 9 nitrogen and oxygen atoms in total. The van der Waals surface area contributed by atoms with Gasteiger partial charge < -0.3 is 23.9 Å². The molecule has 2 amide bonds. The Morgan fingerprint density at radius 2 is 1.89 bits per heavy atom. The molecule has 6 aromatic rings. The summed E-state index contributed by atoms with van der Waals surface area (Å²) in [6.45, 7) is 0.668. The number of carbonyl (C=O) groups is 2. The lowest BCUT2D eigenvalue weighted by molar-refractivity contribution is -0.117. The third-order valence-corrected chi connectivity index (χ3v) is 8.21. The second-order valence-electron chi connectivity index (χ2n) is 10.7. The van der Waals surface area contributed by atoms with Crippen LogP contribution in [-0.4, -0.2) is 39.9 Å². The van der Waals surface area contributed by atoms with Crippen LogP contribution >= 0.6 is 0 Å². The van der Waals surface area contributed by atoms with Gasteiger partial charge in [0.2, 0.25) is 5.91 Å². The molecule has 8 rings (SSSR count). The first-order chi connectivity index (χ1) is 21.4. The molecule has 0 aliphatic carbocycles. The van der Waals surface area contributed by atoms with Crippen LogP contribution in [0.2, 0.25) is 0 Å². The molecular formula is C33H23F2N5O4. The minimum atomic E-state index is -0.418. The van der Waals surface area contributed by atoms with E-state index in [1.807, 2.05) is 10.6 Å². The molecule has 2 aliphatic rings. The Labute approximate surface area is 248 Å². The number of nitrogens with one attached hydrogen (secondary N) is 1. The van der Waals surface area contributed by atoms with Gasteiger partial charge in [-0.3, -0.25) is 9.59 Å². The summed E-state index contributed by atoms with van der Waals surface area (Å²) in [6, 6.07) is 15.8. The highest BCUT2D eigenvalue weighted by molar-refractivity contribution is 6.13. The fourth-order valence-electron chi connectivity index (χ4n) is 6.10. The van der Waals surface area contributed by atoms with Gasteiger partial charge in [-0.2, -0.15) is 0 Å². The number of furan rings is 1. The lowest BCUT2D eigenvalue weighted by Crippen LogP contribution is -2.24. The zero-order chi connectivity index (χ0) is 30.1. The molecule has 0 saturated carbocycles. The highest BCUT2D eigenvalue weighted by Crippen LogP contribution is 2.43. The van der Waals surface area contributed by atoms with Gasteiger partial charge in [-0.15, -0.1) is 0 Å². The number of benzene rings is 3. The van der Waals surface area contributed by atoms with E-state index in [9.17, 15) is 18.4 Å². The maximum absolute atomic E-state index is 14.7. The quantitative estimate of drug-likeness (QED) is 0.259. The zero-order valence-electron chi connectivity index (χ0n) is 23.4. The van der Waals surface area contributed by atoms with Crippen LogP contribution in [-0.2, 0) is 11.5 Å². The summed E-state index contributed by atoms with van der Waals surface area (Å²) in [5.41, 5.74) is 4.01. The number of fused-ring (bicyclic) bond motifs is 6. The van der Waals surface area contributed by atoms with E-state index in [1.165, 1.54) is 25.2 Å². The van der Waals surface area contributed by atoms with E-state index in [2.05, 4.69) is 10.3 Å². The highest BCUT2D eigenvalue weighted by Gasteiger charge is 2.30. The van der Waals surface area contributed by atoms with Gasteiger partial charge in [-0.1, -0.05) is 6.07 Å². The van der Waals surface area contributed by atoms with Crippen LogP contribution in [0.15, 0.2) is 71.3 Å². The van der Waals surface area contributed by atoms with Crippen LogP contribution in [0.1, 0.15) is 23.2 Å². The van der Waals surface area contributed by atoms with Crippen molar-refractivity contribution in [2.45, 2.75) is 19.6 Å². The molecule has 11 heteroatoms. The summed E-state index contributed by atoms with van der Waals surface area (Å²) >= 11 is 0. The standard InChI is InChI=1S/C33H23F2N5O4/c1-36-33(42)29-21-12-20(24(39-11-3-6-28(39)41)14-26(21)44-31(29)17-7-9-18(34)10-8-17)32-37-15-27-30(38-32)25-13-19-22(35)4-2-5-23(19)40(25)16-43-27/h2,4-5,7-10,12-15H,3,6,11,16H2,1H3,(H,36,42). The van der Waals surface area contributed by atoms with E-state index >= 15 is 0 Å². The SMILES string of the molecule is CNC(=O)c1c(-c2ccc(F)cc2)oc2cc(N3CCCC3=O)c(-c3ncc4c(n3)-c3cc5c(F)cccc5n3CO4)cc12. The van der Waals surface area contributed by atoms with Gasteiger partial charge in [0, 0.05) is 48.0 Å². The minimum absolute atomic E-state index is 0.0562. The van der Waals surface area contributed by atoms with Gasteiger partial charge in [-0.25, -0.2) is 18.7 Å². The summed E-state index contributed by atoms with van der Waals surface area (Å²) in [5, 5.41) is 3.59. The van der Waals surface area contributed by atoms with Crippen LogP contribution < -0.4 is 15.0 Å². The molecule has 0 atom stereocenters. The molecule has 1 saturated heterocycles. The number of halogens is 2. The fraction of sp³-hybridized carbons (Fsp3) is 0.152. The third kappa shape index (κ3) is 3.89. The molecule has 2 aliphatic heterocycles. The Morgan fingerprint density at radius 3 is 2.66 bits per heavy atom. The van der Waals surface area contributed by atoms with Crippen LogP contribution in [0.3, 0.4) is 0 Å². The molecule has 0 radical (unpaired) electrons. The fourth-order valence-corrected chi connectivity index (χ4v) is 6.10. The Bertz CT molecular complexity index is 2170. The van der Waals surface area contributed by atoms with Gasteiger partial charge in [0.15, 0.2) is 18.3 Å². The van der Waals surface area contributed by atoms with E-state index in [1.54, 1.807) is 47.5 Å². The summed E-state index contributed by atoms with van der Waals surface area (Å²) in [4.78, 5) is 37.4. The molecular weight excluding hydrogens is 568 g/mol. The Balaban J connectivity index is 1.37. The van der Waals surface area contributed by atoms with Crippen molar-refractivity contribution in [2.75, 3.05) is 18.5 Å². The van der Waals surface area contributed by atoms with E-state index in [-0.39, 0.29) is 35.6 Å². The van der Waals surface area contributed by atoms with Crippen molar-refractivity contribution in [1.82, 2.24) is 19.9 Å². The zero-order valence-corrected chi connectivity index (χ0v) is 23.4. The second kappa shape index (κ2) is 9.73. The number of ether oxygens (including phenoxy) is 1. The maximum Gasteiger partial charge on any atom is 0.255 e. The normalized spacial score (nSPS) is 14.2. The number of carbonyl (C=O) groups excluding carboxylic acids is 2. The molecule has 0 unspecified atom stereocenters. The van der Waals surface area contributed by atoms with E-state index < -0.39 is 11.7 Å². The summed E-state index contributed by atoms with van der Waals surface area (Å²) in [6.07, 6.45) is 2.64. The summed E-state index contributed by atoms with van der Waals surface area (Å²) in [5.74, 6) is -0.225. The molecule has 5 heterocycles. The van der Waals surface area contributed by atoms with Crippen molar-refractivity contribution in [1.29, 1.82) is 0 Å². The van der Waals surface area contributed by atoms with Gasteiger partial charge in [0.05, 0.1) is 28.7 Å². The van der Waals surface area contributed by atoms with Crippen molar-refractivity contribution in [2.24, 2.45) is 0 Å². The van der Waals surface area contributed by atoms with Crippen molar-refractivity contribution >= 4 is 39.4 Å². The first-order valence-electron chi connectivity index (χ1n) is 14.1. The Morgan fingerprint density at radius 1 is 1.05 bits per heavy atom. The first kappa shape index (κ1) is 26.1. The Kier molecular flexibility index (Phi) is 5.77. The van der Waals surface area contributed by atoms with Gasteiger partial charge in [-0.05, 0) is 55.0 Å². The van der Waals surface area contributed by atoms with Crippen LogP contribution in [0, 0.1) is 11.6 Å². The average molecular weight is 592 g/mol. The van der Waals surface area contributed by atoms with E-state index in [0.29, 0.717) is 75.2 Å². The molecule has 3 aromatic heterocycles. The van der Waals surface area contributed by atoms with Crippen molar-refractivity contribution in [3.05, 3.63) is 84.1 Å². The monoisotopic (exact) mass is 591 g/mol. The predicted molar refractivity (Wildman–Crippen MR) is 159 cm³/mol. The average Bonchev–Trinajstić information content (AvgIpc) is 3.75.